The van der Waals surface area contributed by atoms with Gasteiger partial charge in [0.25, 0.3) is 0 Å². The number of aliphatic hydroxyl groups is 1. The maximum Gasteiger partial charge on any atom is 0.326 e. The van der Waals surface area contributed by atoms with Gasteiger partial charge in [0.2, 0.25) is 0 Å². The average molecular weight is 452 g/mol. The molecule has 11 heteroatoms. The van der Waals surface area contributed by atoms with Crippen molar-refractivity contribution in [1.29, 1.82) is 0 Å². The van der Waals surface area contributed by atoms with E-state index < -0.39 is 5.82 Å². The summed E-state index contributed by atoms with van der Waals surface area (Å²) in [4.78, 5) is 14.1. The van der Waals surface area contributed by atoms with E-state index >= 15 is 4.39 Å². The van der Waals surface area contributed by atoms with Crippen molar-refractivity contribution in [2.24, 2.45) is 0 Å². The zero-order valence-corrected chi connectivity index (χ0v) is 18.3. The van der Waals surface area contributed by atoms with Gasteiger partial charge in [-0.15, -0.1) is 0 Å². The second-order valence-corrected chi connectivity index (χ2v) is 8.13. The number of aryl methyl sites for hydroxylation is 2. The molecular weight excluding hydrogens is 427 g/mol. The fraction of sp³-hybridized carbons (Fsp3) is 0.318. The standard InChI is InChI=1S/C22H25FN8O2/c1-12-7-15-16(25-12)3-4-17(21(15)23)33-22-27-18(26-19-8-13(2)29-30-19)9-20(28-22)31-6-5-24-14(10-31)11-32/h3-4,7-9,14,24-25,32H,5-6,10-11H2,1-2H3,(H2,26,27,28,29,30). The molecule has 1 fully saturated rings. The molecule has 0 spiro atoms. The van der Waals surface area contributed by atoms with Gasteiger partial charge in [0, 0.05) is 60.1 Å². The van der Waals surface area contributed by atoms with Crippen molar-refractivity contribution in [3.8, 4) is 11.8 Å². The number of aliphatic hydroxyl groups excluding tert-OH is 1. The molecule has 1 unspecified atom stereocenters. The van der Waals surface area contributed by atoms with Crippen LogP contribution in [0.1, 0.15) is 11.4 Å². The molecule has 5 N–H and O–H groups in total. The van der Waals surface area contributed by atoms with Crippen LogP contribution in [-0.2, 0) is 0 Å². The van der Waals surface area contributed by atoms with E-state index in [2.05, 4.69) is 35.8 Å². The highest BCUT2D eigenvalue weighted by atomic mass is 19.1. The number of aromatic amines is 2. The van der Waals surface area contributed by atoms with Gasteiger partial charge in [-0.1, -0.05) is 0 Å². The van der Waals surface area contributed by atoms with Gasteiger partial charge in [-0.3, -0.25) is 5.10 Å². The van der Waals surface area contributed by atoms with E-state index in [9.17, 15) is 5.11 Å². The number of hydrogen-bond donors (Lipinski definition) is 5. The first-order valence-corrected chi connectivity index (χ1v) is 10.7. The van der Waals surface area contributed by atoms with Crippen LogP contribution >= 0.6 is 0 Å². The molecule has 0 amide bonds. The maximum atomic E-state index is 15.1. The third-order valence-electron chi connectivity index (χ3n) is 5.49. The molecule has 4 aromatic rings. The maximum absolute atomic E-state index is 15.1. The Labute approximate surface area is 189 Å². The molecule has 5 rings (SSSR count). The number of rotatable bonds is 6. The number of halogens is 1. The summed E-state index contributed by atoms with van der Waals surface area (Å²) >= 11 is 0. The van der Waals surface area contributed by atoms with E-state index in [-0.39, 0.29) is 24.4 Å². The smallest absolute Gasteiger partial charge is 0.326 e. The largest absolute Gasteiger partial charge is 0.421 e. The van der Waals surface area contributed by atoms with Crippen LogP contribution in [0, 0.1) is 19.7 Å². The number of ether oxygens (including phenoxy) is 1. The van der Waals surface area contributed by atoms with Crippen LogP contribution in [0.25, 0.3) is 10.9 Å². The zero-order valence-electron chi connectivity index (χ0n) is 18.3. The minimum Gasteiger partial charge on any atom is -0.421 e. The van der Waals surface area contributed by atoms with E-state index in [0.717, 1.165) is 11.4 Å². The molecule has 0 aliphatic carbocycles. The van der Waals surface area contributed by atoms with Gasteiger partial charge in [0.1, 0.15) is 11.6 Å². The minimum absolute atomic E-state index is 0.00634. The second kappa shape index (κ2) is 8.68. The van der Waals surface area contributed by atoms with E-state index in [1.807, 2.05) is 24.8 Å². The summed E-state index contributed by atoms with van der Waals surface area (Å²) in [6.45, 7) is 5.74. The normalized spacial score (nSPS) is 16.4. The molecule has 10 nitrogen and oxygen atoms in total. The second-order valence-electron chi connectivity index (χ2n) is 8.13. The lowest BCUT2D eigenvalue weighted by Gasteiger charge is -2.33. The number of hydrogen-bond acceptors (Lipinski definition) is 8. The molecule has 3 aromatic heterocycles. The Morgan fingerprint density at radius 1 is 1.18 bits per heavy atom. The summed E-state index contributed by atoms with van der Waals surface area (Å²) in [7, 11) is 0. The van der Waals surface area contributed by atoms with Crippen LogP contribution < -0.4 is 20.3 Å². The van der Waals surface area contributed by atoms with Gasteiger partial charge in [0.15, 0.2) is 17.4 Å². The quantitative estimate of drug-likeness (QED) is 0.302. The Bertz CT molecular complexity index is 1290. The topological polar surface area (TPSA) is 127 Å². The highest BCUT2D eigenvalue weighted by Crippen LogP contribution is 2.31. The fourth-order valence-corrected chi connectivity index (χ4v) is 3.92. The fourth-order valence-electron chi connectivity index (χ4n) is 3.92. The van der Waals surface area contributed by atoms with Crippen LogP contribution in [0.3, 0.4) is 0 Å². The van der Waals surface area contributed by atoms with Crippen LogP contribution in [0.2, 0.25) is 0 Å². The molecule has 172 valence electrons. The highest BCUT2D eigenvalue weighted by molar-refractivity contribution is 5.82. The molecule has 1 aliphatic rings. The molecule has 0 bridgehead atoms. The van der Waals surface area contributed by atoms with E-state index in [0.29, 0.717) is 48.0 Å². The van der Waals surface area contributed by atoms with Crippen molar-refractivity contribution in [1.82, 2.24) is 30.5 Å². The predicted molar refractivity (Wildman–Crippen MR) is 123 cm³/mol. The lowest BCUT2D eigenvalue weighted by molar-refractivity contribution is 0.235. The number of piperazine rings is 1. The molecule has 33 heavy (non-hydrogen) atoms. The summed E-state index contributed by atoms with van der Waals surface area (Å²) in [5, 5.41) is 23.5. The lowest BCUT2D eigenvalue weighted by atomic mass is 10.2. The van der Waals surface area contributed by atoms with E-state index in [1.54, 1.807) is 24.3 Å². The van der Waals surface area contributed by atoms with Crippen molar-refractivity contribution < 1.29 is 14.2 Å². The number of aromatic nitrogens is 5. The van der Waals surface area contributed by atoms with Gasteiger partial charge in [-0.25, -0.2) is 4.39 Å². The van der Waals surface area contributed by atoms with Gasteiger partial charge < -0.3 is 30.4 Å². The van der Waals surface area contributed by atoms with Gasteiger partial charge in [-0.2, -0.15) is 15.1 Å². The Morgan fingerprint density at radius 2 is 2.06 bits per heavy atom. The number of H-pyrrole nitrogens is 2. The summed E-state index contributed by atoms with van der Waals surface area (Å²) in [5.41, 5.74) is 2.45. The number of nitrogens with zero attached hydrogens (tertiary/aromatic N) is 4. The monoisotopic (exact) mass is 452 g/mol. The number of nitrogens with one attached hydrogen (secondary N) is 4. The van der Waals surface area contributed by atoms with Gasteiger partial charge >= 0.3 is 6.01 Å². The molecule has 1 saturated heterocycles. The molecule has 0 saturated carbocycles. The van der Waals surface area contributed by atoms with E-state index in [1.165, 1.54) is 0 Å². The van der Waals surface area contributed by atoms with E-state index in [4.69, 9.17) is 4.74 Å². The Hall–Kier alpha value is -3.70. The van der Waals surface area contributed by atoms with Crippen molar-refractivity contribution in [3.05, 3.63) is 47.5 Å². The minimum atomic E-state index is -0.481. The van der Waals surface area contributed by atoms with Crippen LogP contribution in [-0.4, -0.2) is 62.5 Å². The number of benzene rings is 1. The SMILES string of the molecule is Cc1cc(Nc2cc(N3CCNC(CO)C3)nc(Oc3ccc4[nH]c(C)cc4c3F)n2)n[nH]1. The average Bonchev–Trinajstić information content (AvgIpc) is 3.40. The Morgan fingerprint density at radius 3 is 2.85 bits per heavy atom. The first kappa shape index (κ1) is 21.2. The van der Waals surface area contributed by atoms with Crippen molar-refractivity contribution in [3.63, 3.8) is 0 Å². The molecule has 1 atom stereocenters. The molecule has 1 aliphatic heterocycles. The van der Waals surface area contributed by atoms with Crippen molar-refractivity contribution in [2.45, 2.75) is 19.9 Å². The molecular formula is C22H25FN8O2. The van der Waals surface area contributed by atoms with Crippen LogP contribution in [0.5, 0.6) is 11.8 Å². The van der Waals surface area contributed by atoms with Gasteiger partial charge in [0.05, 0.1) is 6.61 Å². The number of anilines is 3. The number of fused-ring (bicyclic) bond motifs is 1. The molecule has 1 aromatic carbocycles. The summed E-state index contributed by atoms with van der Waals surface area (Å²) in [6, 6.07) is 8.62. The first-order valence-electron chi connectivity index (χ1n) is 10.7. The van der Waals surface area contributed by atoms with Crippen LogP contribution in [0.15, 0.2) is 30.3 Å². The summed E-state index contributed by atoms with van der Waals surface area (Å²) in [5.74, 6) is 1.21. The first-order chi connectivity index (χ1) is 16.0. The third kappa shape index (κ3) is 4.45. The third-order valence-corrected chi connectivity index (χ3v) is 5.49. The highest BCUT2D eigenvalue weighted by Gasteiger charge is 2.22. The summed E-state index contributed by atoms with van der Waals surface area (Å²) < 4.78 is 20.9. The lowest BCUT2D eigenvalue weighted by Crippen LogP contribution is -2.52. The Kier molecular flexibility index (Phi) is 5.56. The summed E-state index contributed by atoms with van der Waals surface area (Å²) in [6.07, 6.45) is 0. The Balaban J connectivity index is 1.50. The zero-order chi connectivity index (χ0) is 22.9. The molecule has 4 heterocycles. The van der Waals surface area contributed by atoms with Gasteiger partial charge in [-0.05, 0) is 32.0 Å². The molecule has 0 radical (unpaired) electrons. The van der Waals surface area contributed by atoms with Crippen molar-refractivity contribution in [2.75, 3.05) is 36.5 Å². The van der Waals surface area contributed by atoms with Crippen molar-refractivity contribution >= 4 is 28.4 Å². The van der Waals surface area contributed by atoms with Crippen LogP contribution in [0.4, 0.5) is 21.8 Å². The predicted octanol–water partition coefficient (Wildman–Crippen LogP) is 2.74.